The van der Waals surface area contributed by atoms with Crippen molar-refractivity contribution in [3.05, 3.63) is 89.4 Å². The van der Waals surface area contributed by atoms with Crippen LogP contribution in [-0.4, -0.2) is 12.0 Å². The number of benzene rings is 3. The van der Waals surface area contributed by atoms with Gasteiger partial charge in [-0.15, -0.1) is 0 Å². The molecule has 0 aliphatic heterocycles. The van der Waals surface area contributed by atoms with Gasteiger partial charge in [-0.25, -0.2) is 0 Å². The van der Waals surface area contributed by atoms with E-state index in [1.165, 1.54) is 0 Å². The van der Waals surface area contributed by atoms with E-state index in [0.29, 0.717) is 29.5 Å². The van der Waals surface area contributed by atoms with Crippen LogP contribution in [0.15, 0.2) is 78.9 Å². The number of hydrogen-bond acceptors (Lipinski definition) is 3. The molecule has 3 rings (SSSR count). The predicted octanol–water partition coefficient (Wildman–Crippen LogP) is 5.72. The largest absolute Gasteiger partial charge is 0.489 e. The van der Waals surface area contributed by atoms with Gasteiger partial charge in [-0.2, -0.15) is 0 Å². The molecule has 0 saturated carbocycles. The summed E-state index contributed by atoms with van der Waals surface area (Å²) in [7, 11) is 0. The first-order valence-electron chi connectivity index (χ1n) is 9.14. The van der Waals surface area contributed by atoms with Crippen LogP contribution < -0.4 is 14.8 Å². The third-order valence-electron chi connectivity index (χ3n) is 4.11. The van der Waals surface area contributed by atoms with E-state index >= 15 is 0 Å². The van der Waals surface area contributed by atoms with Gasteiger partial charge in [0.15, 0.2) is 6.10 Å². The Bertz CT molecular complexity index is 897. The number of anilines is 1. The zero-order chi connectivity index (χ0) is 19.8. The van der Waals surface area contributed by atoms with Crippen LogP contribution in [0.2, 0.25) is 5.02 Å². The Morgan fingerprint density at radius 1 is 0.964 bits per heavy atom. The van der Waals surface area contributed by atoms with Gasteiger partial charge in [-0.1, -0.05) is 54.9 Å². The number of amides is 1. The van der Waals surface area contributed by atoms with Crippen LogP contribution in [-0.2, 0) is 11.4 Å². The quantitative estimate of drug-likeness (QED) is 0.531. The summed E-state index contributed by atoms with van der Waals surface area (Å²) in [6, 6.07) is 24.3. The highest BCUT2D eigenvalue weighted by molar-refractivity contribution is 6.30. The third-order valence-corrected chi connectivity index (χ3v) is 4.34. The molecule has 0 spiro atoms. The van der Waals surface area contributed by atoms with Crippen LogP contribution in [0, 0.1) is 0 Å². The fourth-order valence-electron chi connectivity index (χ4n) is 2.62. The molecule has 0 heterocycles. The minimum absolute atomic E-state index is 0.208. The van der Waals surface area contributed by atoms with E-state index in [-0.39, 0.29) is 5.91 Å². The van der Waals surface area contributed by atoms with E-state index in [4.69, 9.17) is 21.1 Å². The highest BCUT2D eigenvalue weighted by Gasteiger charge is 2.18. The molecule has 0 aliphatic rings. The van der Waals surface area contributed by atoms with Crippen LogP contribution in [0.3, 0.4) is 0 Å². The Balaban J connectivity index is 1.55. The number of halogens is 1. The predicted molar refractivity (Wildman–Crippen MR) is 112 cm³/mol. The average molecular weight is 396 g/mol. The minimum atomic E-state index is -0.604. The van der Waals surface area contributed by atoms with Crippen LogP contribution in [0.4, 0.5) is 5.69 Å². The average Bonchev–Trinajstić information content (AvgIpc) is 2.72. The number of hydrogen-bond donors (Lipinski definition) is 1. The lowest BCUT2D eigenvalue weighted by Crippen LogP contribution is -2.32. The fraction of sp³-hybridized carbons (Fsp3) is 0.174. The molecular weight excluding hydrogens is 374 g/mol. The molecule has 0 aromatic heterocycles. The van der Waals surface area contributed by atoms with Gasteiger partial charge >= 0.3 is 0 Å². The van der Waals surface area contributed by atoms with Gasteiger partial charge in [-0.3, -0.25) is 4.79 Å². The summed E-state index contributed by atoms with van der Waals surface area (Å²) in [5, 5.41) is 3.44. The summed E-state index contributed by atoms with van der Waals surface area (Å²) < 4.78 is 11.5. The lowest BCUT2D eigenvalue weighted by atomic mass is 10.2. The van der Waals surface area contributed by atoms with Gasteiger partial charge in [0.1, 0.15) is 18.1 Å². The lowest BCUT2D eigenvalue weighted by molar-refractivity contribution is -0.122. The van der Waals surface area contributed by atoms with Crippen LogP contribution >= 0.6 is 11.6 Å². The summed E-state index contributed by atoms with van der Waals surface area (Å²) in [6.45, 7) is 2.40. The number of ether oxygens (including phenoxy) is 2. The molecule has 1 amide bonds. The van der Waals surface area contributed by atoms with Gasteiger partial charge in [-0.05, 0) is 54.4 Å². The first-order valence-corrected chi connectivity index (χ1v) is 9.51. The Kier molecular flexibility index (Phi) is 6.93. The standard InChI is InChI=1S/C23H22ClNO3/c1-2-22(28-21-10-6-9-18(24)15-21)23(26)25-19-11-13-20(14-12-19)27-16-17-7-4-3-5-8-17/h3-15,22H,2,16H2,1H3,(H,25,26)/t22-/m1/s1. The van der Waals surface area contributed by atoms with Crippen molar-refractivity contribution in [1.29, 1.82) is 0 Å². The summed E-state index contributed by atoms with van der Waals surface area (Å²) in [4.78, 5) is 12.5. The second kappa shape index (κ2) is 9.81. The van der Waals surface area contributed by atoms with Gasteiger partial charge < -0.3 is 14.8 Å². The maximum Gasteiger partial charge on any atom is 0.265 e. The molecule has 0 radical (unpaired) electrons. The van der Waals surface area contributed by atoms with Crippen molar-refractivity contribution in [2.75, 3.05) is 5.32 Å². The summed E-state index contributed by atoms with van der Waals surface area (Å²) in [6.07, 6.45) is -0.0659. The Morgan fingerprint density at radius 3 is 2.39 bits per heavy atom. The molecule has 0 fully saturated rings. The minimum Gasteiger partial charge on any atom is -0.489 e. The molecule has 0 saturated heterocycles. The first kappa shape index (κ1) is 19.8. The number of nitrogens with one attached hydrogen (secondary N) is 1. The van der Waals surface area contributed by atoms with Gasteiger partial charge in [0.25, 0.3) is 5.91 Å². The number of carbonyl (C=O) groups excluding carboxylic acids is 1. The van der Waals surface area contributed by atoms with Gasteiger partial charge in [0, 0.05) is 10.7 Å². The molecule has 1 N–H and O–H groups in total. The molecule has 1 atom stereocenters. The zero-order valence-corrected chi connectivity index (χ0v) is 16.4. The monoisotopic (exact) mass is 395 g/mol. The highest BCUT2D eigenvalue weighted by Crippen LogP contribution is 2.21. The molecular formula is C23H22ClNO3. The normalized spacial score (nSPS) is 11.5. The van der Waals surface area contributed by atoms with Gasteiger partial charge in [0.05, 0.1) is 0 Å². The summed E-state index contributed by atoms with van der Waals surface area (Å²) in [5.41, 5.74) is 1.79. The SMILES string of the molecule is CC[C@@H](Oc1cccc(Cl)c1)C(=O)Nc1ccc(OCc2ccccc2)cc1. The van der Waals surface area contributed by atoms with Crippen LogP contribution in [0.1, 0.15) is 18.9 Å². The Hall–Kier alpha value is -2.98. The maximum atomic E-state index is 12.5. The molecule has 4 nitrogen and oxygen atoms in total. The fourth-order valence-corrected chi connectivity index (χ4v) is 2.81. The van der Waals surface area contributed by atoms with Crippen molar-refractivity contribution in [3.8, 4) is 11.5 Å². The zero-order valence-electron chi connectivity index (χ0n) is 15.6. The summed E-state index contributed by atoms with van der Waals surface area (Å²) in [5.74, 6) is 1.10. The molecule has 5 heteroatoms. The topological polar surface area (TPSA) is 47.6 Å². The van der Waals surface area contributed by atoms with E-state index in [1.807, 2.05) is 61.5 Å². The second-order valence-electron chi connectivity index (χ2n) is 6.26. The Morgan fingerprint density at radius 2 is 1.71 bits per heavy atom. The first-order chi connectivity index (χ1) is 13.6. The molecule has 28 heavy (non-hydrogen) atoms. The van der Waals surface area contributed by atoms with E-state index in [9.17, 15) is 4.79 Å². The van der Waals surface area contributed by atoms with E-state index in [1.54, 1.807) is 24.3 Å². The smallest absolute Gasteiger partial charge is 0.265 e. The van der Waals surface area contributed by atoms with Crippen molar-refractivity contribution >= 4 is 23.2 Å². The van der Waals surface area contributed by atoms with Crippen molar-refractivity contribution in [1.82, 2.24) is 0 Å². The molecule has 0 unspecified atom stereocenters. The maximum absolute atomic E-state index is 12.5. The molecule has 144 valence electrons. The second-order valence-corrected chi connectivity index (χ2v) is 6.70. The van der Waals surface area contributed by atoms with Crippen LogP contribution in [0.25, 0.3) is 0 Å². The van der Waals surface area contributed by atoms with Crippen molar-refractivity contribution in [2.24, 2.45) is 0 Å². The van der Waals surface area contributed by atoms with Gasteiger partial charge in [0.2, 0.25) is 0 Å². The van der Waals surface area contributed by atoms with E-state index < -0.39 is 6.10 Å². The molecule has 0 bridgehead atoms. The van der Waals surface area contributed by atoms with Crippen molar-refractivity contribution < 1.29 is 14.3 Å². The summed E-state index contributed by atoms with van der Waals surface area (Å²) >= 11 is 5.97. The molecule has 3 aromatic carbocycles. The number of rotatable bonds is 8. The number of carbonyl (C=O) groups is 1. The Labute approximate surface area is 170 Å². The van der Waals surface area contributed by atoms with E-state index in [2.05, 4.69) is 5.32 Å². The third kappa shape index (κ3) is 5.76. The highest BCUT2D eigenvalue weighted by atomic mass is 35.5. The lowest BCUT2D eigenvalue weighted by Gasteiger charge is -2.17. The van der Waals surface area contributed by atoms with E-state index in [0.717, 1.165) is 11.3 Å². The molecule has 0 aliphatic carbocycles. The van der Waals surface area contributed by atoms with Crippen molar-refractivity contribution in [3.63, 3.8) is 0 Å². The van der Waals surface area contributed by atoms with Crippen molar-refractivity contribution in [2.45, 2.75) is 26.1 Å². The molecule has 3 aromatic rings. The van der Waals surface area contributed by atoms with Crippen LogP contribution in [0.5, 0.6) is 11.5 Å².